The van der Waals surface area contributed by atoms with Gasteiger partial charge in [-0.3, -0.25) is 9.59 Å². The van der Waals surface area contributed by atoms with E-state index in [1.54, 1.807) is 6.92 Å². The summed E-state index contributed by atoms with van der Waals surface area (Å²) in [6.45, 7) is 1.38. The fraction of sp³-hybridized carbons (Fsp3) is 0.286. The van der Waals surface area contributed by atoms with Crippen LogP contribution in [0.5, 0.6) is 0 Å². The number of carboxylic acids is 1. The molecular weight excluding hydrogens is 308 g/mol. The van der Waals surface area contributed by atoms with Crippen LogP contribution in [0, 0.1) is 12.3 Å². The van der Waals surface area contributed by atoms with Crippen molar-refractivity contribution in [2.45, 2.75) is 24.3 Å². The van der Waals surface area contributed by atoms with E-state index in [1.165, 1.54) is 24.3 Å². The van der Waals surface area contributed by atoms with Crippen molar-refractivity contribution < 1.29 is 23.1 Å². The molecule has 1 amide bonds. The van der Waals surface area contributed by atoms with Gasteiger partial charge in [-0.1, -0.05) is 12.0 Å². The molecule has 1 rings (SSSR count). The summed E-state index contributed by atoms with van der Waals surface area (Å²) in [6, 6.07) is 4.80. The largest absolute Gasteiger partial charge is 0.481 e. The number of nitrogens with one attached hydrogen (secondary N) is 2. The normalized spacial score (nSPS) is 12.2. The van der Waals surface area contributed by atoms with Gasteiger partial charge in [0.25, 0.3) is 5.91 Å². The number of benzene rings is 1. The predicted octanol–water partition coefficient (Wildman–Crippen LogP) is 0.191. The Labute approximate surface area is 128 Å². The van der Waals surface area contributed by atoms with E-state index in [1.807, 2.05) is 0 Å². The molecule has 0 saturated carbocycles. The molecule has 0 aliphatic rings. The molecule has 1 aromatic carbocycles. The molecule has 1 aromatic rings. The molecule has 0 aromatic heterocycles. The average Bonchev–Trinajstić information content (AvgIpc) is 2.44. The summed E-state index contributed by atoms with van der Waals surface area (Å²) in [5, 5.41) is 11.1. The number of carbonyl (C=O) groups is 2. The van der Waals surface area contributed by atoms with Crippen LogP contribution in [-0.4, -0.2) is 38.0 Å². The first kappa shape index (κ1) is 17.7. The van der Waals surface area contributed by atoms with Gasteiger partial charge < -0.3 is 10.4 Å². The first-order chi connectivity index (χ1) is 10.3. The number of aliphatic carboxylic acids is 1. The molecule has 0 heterocycles. The molecule has 0 fully saturated rings. The van der Waals surface area contributed by atoms with Gasteiger partial charge in [-0.15, -0.1) is 6.42 Å². The van der Waals surface area contributed by atoms with Crippen LogP contribution < -0.4 is 10.0 Å². The zero-order chi connectivity index (χ0) is 16.8. The maximum atomic E-state index is 12.0. The summed E-state index contributed by atoms with van der Waals surface area (Å²) in [5.74, 6) is 0.558. The molecule has 1 unspecified atom stereocenters. The van der Waals surface area contributed by atoms with E-state index in [-0.39, 0.29) is 23.4 Å². The smallest absolute Gasteiger partial charge is 0.305 e. The topological polar surface area (TPSA) is 113 Å². The quantitative estimate of drug-likeness (QED) is 0.620. The second kappa shape index (κ2) is 7.59. The molecule has 0 bridgehead atoms. The molecule has 22 heavy (non-hydrogen) atoms. The monoisotopic (exact) mass is 324 g/mol. The molecule has 8 heteroatoms. The van der Waals surface area contributed by atoms with Crippen molar-refractivity contribution in [3.63, 3.8) is 0 Å². The molecular formula is C14H16N2O5S. The number of hydrogen-bond acceptors (Lipinski definition) is 4. The van der Waals surface area contributed by atoms with Crippen molar-refractivity contribution >= 4 is 21.9 Å². The lowest BCUT2D eigenvalue weighted by Gasteiger charge is -2.12. The highest BCUT2D eigenvalue weighted by Crippen LogP contribution is 2.11. The fourth-order valence-electron chi connectivity index (χ4n) is 1.64. The summed E-state index contributed by atoms with van der Waals surface area (Å²) < 4.78 is 26.0. The third-order valence-corrected chi connectivity index (χ3v) is 4.03. The minimum Gasteiger partial charge on any atom is -0.481 e. The first-order valence-corrected chi connectivity index (χ1v) is 7.80. The van der Waals surface area contributed by atoms with Gasteiger partial charge in [0, 0.05) is 11.6 Å². The lowest BCUT2D eigenvalue weighted by Crippen LogP contribution is -2.34. The van der Waals surface area contributed by atoms with Crippen LogP contribution in [-0.2, 0) is 14.8 Å². The second-order valence-corrected chi connectivity index (χ2v) is 6.30. The van der Waals surface area contributed by atoms with Crippen LogP contribution in [0.15, 0.2) is 29.2 Å². The van der Waals surface area contributed by atoms with Gasteiger partial charge in [-0.25, -0.2) is 8.42 Å². The number of hydrogen-bond donors (Lipinski definition) is 3. The van der Waals surface area contributed by atoms with Crippen LogP contribution in [0.3, 0.4) is 0 Å². The highest BCUT2D eigenvalue weighted by atomic mass is 32.2. The molecule has 1 atom stereocenters. The lowest BCUT2D eigenvalue weighted by atomic mass is 10.2. The summed E-state index contributed by atoms with van der Waals surface area (Å²) in [7, 11) is -3.79. The van der Waals surface area contributed by atoms with E-state index in [0.29, 0.717) is 0 Å². The minimum absolute atomic E-state index is 0.0960. The lowest BCUT2D eigenvalue weighted by molar-refractivity contribution is -0.137. The Kier molecular flexibility index (Phi) is 6.10. The highest BCUT2D eigenvalue weighted by Gasteiger charge is 2.17. The fourth-order valence-corrected chi connectivity index (χ4v) is 2.62. The van der Waals surface area contributed by atoms with Crippen molar-refractivity contribution in [2.24, 2.45) is 0 Å². The Hall–Kier alpha value is -2.37. The van der Waals surface area contributed by atoms with Gasteiger partial charge in [-0.2, -0.15) is 4.72 Å². The molecule has 0 aliphatic heterocycles. The van der Waals surface area contributed by atoms with Crippen molar-refractivity contribution in [3.8, 4) is 12.3 Å². The Bertz CT molecular complexity index is 706. The van der Waals surface area contributed by atoms with Crippen molar-refractivity contribution in [1.29, 1.82) is 0 Å². The molecule has 7 nitrogen and oxygen atoms in total. The number of carboxylic acid groups (broad SMARTS) is 1. The molecule has 0 aliphatic carbocycles. The summed E-state index contributed by atoms with van der Waals surface area (Å²) in [5.41, 5.74) is 0.112. The average molecular weight is 324 g/mol. The van der Waals surface area contributed by atoms with Gasteiger partial charge in [0.05, 0.1) is 17.9 Å². The highest BCUT2D eigenvalue weighted by molar-refractivity contribution is 7.89. The van der Waals surface area contributed by atoms with Crippen LogP contribution in [0.2, 0.25) is 0 Å². The number of terminal acetylenes is 1. The van der Waals surface area contributed by atoms with E-state index in [0.717, 1.165) is 0 Å². The Balaban J connectivity index is 2.90. The zero-order valence-electron chi connectivity index (χ0n) is 11.9. The van der Waals surface area contributed by atoms with Gasteiger partial charge in [-0.05, 0) is 25.1 Å². The molecule has 118 valence electrons. The Morgan fingerprint density at radius 1 is 1.41 bits per heavy atom. The number of amides is 1. The molecule has 3 N–H and O–H groups in total. The SMILES string of the molecule is C#CCNS(=O)(=O)c1cccc(C(=O)NC(C)CC(=O)O)c1. The second-order valence-electron chi connectivity index (χ2n) is 4.53. The first-order valence-electron chi connectivity index (χ1n) is 6.32. The number of sulfonamides is 1. The van der Waals surface area contributed by atoms with Gasteiger partial charge >= 0.3 is 5.97 Å². The van der Waals surface area contributed by atoms with E-state index in [9.17, 15) is 18.0 Å². The molecule has 0 spiro atoms. The predicted molar refractivity (Wildman–Crippen MR) is 79.6 cm³/mol. The Morgan fingerprint density at radius 2 is 2.09 bits per heavy atom. The summed E-state index contributed by atoms with van der Waals surface area (Å²) in [6.07, 6.45) is 4.77. The third-order valence-electron chi connectivity index (χ3n) is 2.63. The maximum absolute atomic E-state index is 12.0. The van der Waals surface area contributed by atoms with Crippen LogP contribution in [0.25, 0.3) is 0 Å². The summed E-state index contributed by atoms with van der Waals surface area (Å²) in [4.78, 5) is 22.4. The number of rotatable bonds is 7. The van der Waals surface area contributed by atoms with E-state index >= 15 is 0 Å². The summed E-state index contributed by atoms with van der Waals surface area (Å²) >= 11 is 0. The molecule has 0 radical (unpaired) electrons. The van der Waals surface area contributed by atoms with Crippen LogP contribution in [0.1, 0.15) is 23.7 Å². The maximum Gasteiger partial charge on any atom is 0.305 e. The standard InChI is InChI=1S/C14H16N2O5S/c1-3-7-15-22(20,21)12-6-4-5-11(9-12)14(19)16-10(2)8-13(17)18/h1,4-6,9-10,15H,7-8H2,2H3,(H,16,19)(H,17,18). The number of carbonyl (C=O) groups excluding carboxylic acids is 1. The van der Waals surface area contributed by atoms with Crippen molar-refractivity contribution in [2.75, 3.05) is 6.54 Å². The molecule has 0 saturated heterocycles. The minimum atomic E-state index is -3.79. The van der Waals surface area contributed by atoms with Crippen LogP contribution >= 0.6 is 0 Å². The van der Waals surface area contributed by atoms with Crippen LogP contribution in [0.4, 0.5) is 0 Å². The van der Waals surface area contributed by atoms with Gasteiger partial charge in [0.15, 0.2) is 0 Å². The van der Waals surface area contributed by atoms with E-state index in [4.69, 9.17) is 11.5 Å². The van der Waals surface area contributed by atoms with E-state index < -0.39 is 27.9 Å². The van der Waals surface area contributed by atoms with Crippen molar-refractivity contribution in [3.05, 3.63) is 29.8 Å². The van der Waals surface area contributed by atoms with Gasteiger partial charge in [0.2, 0.25) is 10.0 Å². The van der Waals surface area contributed by atoms with Crippen molar-refractivity contribution in [1.82, 2.24) is 10.0 Å². The third kappa shape index (κ3) is 5.20. The Morgan fingerprint density at radius 3 is 2.68 bits per heavy atom. The van der Waals surface area contributed by atoms with E-state index in [2.05, 4.69) is 16.0 Å². The zero-order valence-corrected chi connectivity index (χ0v) is 12.7. The van der Waals surface area contributed by atoms with Gasteiger partial charge in [0.1, 0.15) is 0 Å².